The molecule has 2 heterocycles. The lowest BCUT2D eigenvalue weighted by Gasteiger charge is -2.27. The maximum absolute atomic E-state index is 6.13. The lowest BCUT2D eigenvalue weighted by Crippen LogP contribution is -2.18. The maximum atomic E-state index is 6.13. The predicted octanol–water partition coefficient (Wildman–Crippen LogP) is 6.06. The minimum Gasteiger partial charge on any atom is -0.491 e. The van der Waals surface area contributed by atoms with Crippen molar-refractivity contribution >= 4 is 5.57 Å². The van der Waals surface area contributed by atoms with Gasteiger partial charge in [0.15, 0.2) is 0 Å². The average molecular weight is 447 g/mol. The van der Waals surface area contributed by atoms with Crippen molar-refractivity contribution in [2.75, 3.05) is 26.4 Å². The van der Waals surface area contributed by atoms with Gasteiger partial charge in [0.1, 0.15) is 36.9 Å². The molecule has 5 rings (SSSR count). The van der Waals surface area contributed by atoms with Crippen molar-refractivity contribution in [2.45, 2.75) is 57.2 Å². The topological polar surface area (TPSA) is 43.5 Å². The van der Waals surface area contributed by atoms with Crippen molar-refractivity contribution in [1.29, 1.82) is 0 Å². The third-order valence-electron chi connectivity index (χ3n) is 7.00. The van der Waals surface area contributed by atoms with Gasteiger partial charge >= 0.3 is 0 Å². The molecule has 2 aliphatic heterocycles. The van der Waals surface area contributed by atoms with E-state index >= 15 is 0 Å². The maximum Gasteiger partial charge on any atom is 0.123 e. The van der Waals surface area contributed by atoms with Gasteiger partial charge in [-0.05, 0) is 59.2 Å². The number of hydrogen-bond donors (Lipinski definition) is 0. The van der Waals surface area contributed by atoms with Gasteiger partial charge in [-0.25, -0.2) is 0 Å². The number of allylic oxidation sites excluding steroid dienone is 4. The molecule has 2 saturated heterocycles. The fraction of sp³-hybridized carbons (Fsp3) is 0.448. The Morgan fingerprint density at radius 3 is 2.24 bits per heavy atom. The quantitative estimate of drug-likeness (QED) is 0.416. The molecule has 174 valence electrons. The Balaban J connectivity index is 1.27. The summed E-state index contributed by atoms with van der Waals surface area (Å²) in [5.41, 5.74) is 5.16. The first kappa shape index (κ1) is 22.2. The summed E-state index contributed by atoms with van der Waals surface area (Å²) in [6, 6.07) is 15.1. The molecule has 2 aromatic carbocycles. The van der Waals surface area contributed by atoms with Crippen LogP contribution in [0, 0.1) is 0 Å². The van der Waals surface area contributed by atoms with E-state index in [1.54, 1.807) is 0 Å². The minimum absolute atomic E-state index is 0.0483. The first-order chi connectivity index (χ1) is 16.0. The highest BCUT2D eigenvalue weighted by molar-refractivity contribution is 5.76. The molecule has 3 aliphatic rings. The Morgan fingerprint density at radius 1 is 0.939 bits per heavy atom. The van der Waals surface area contributed by atoms with Gasteiger partial charge in [-0.3, -0.25) is 0 Å². The lowest BCUT2D eigenvalue weighted by molar-refractivity contribution is 0.257. The molecule has 3 atom stereocenters. The molecule has 2 fully saturated rings. The molecular weight excluding hydrogens is 412 g/mol. The molecule has 1 aliphatic carbocycles. The van der Waals surface area contributed by atoms with E-state index in [1.165, 1.54) is 22.3 Å². The molecule has 0 aromatic heterocycles. The van der Waals surface area contributed by atoms with Crippen LogP contribution in [0.2, 0.25) is 0 Å². The number of ether oxygens (including phenoxy) is 4. The third-order valence-corrected chi connectivity index (χ3v) is 7.00. The summed E-state index contributed by atoms with van der Waals surface area (Å²) < 4.78 is 22.4. The third kappa shape index (κ3) is 5.51. The second kappa shape index (κ2) is 9.36. The molecule has 0 amide bonds. The van der Waals surface area contributed by atoms with E-state index in [1.807, 2.05) is 0 Å². The highest BCUT2D eigenvalue weighted by Crippen LogP contribution is 2.38. The predicted molar refractivity (Wildman–Crippen MR) is 131 cm³/mol. The van der Waals surface area contributed by atoms with Crippen LogP contribution in [0.15, 0.2) is 60.7 Å². The summed E-state index contributed by atoms with van der Waals surface area (Å²) in [7, 11) is 0. The molecular formula is C29H34O4. The van der Waals surface area contributed by atoms with E-state index in [-0.39, 0.29) is 17.6 Å². The Hall–Kier alpha value is -2.56. The van der Waals surface area contributed by atoms with Gasteiger partial charge in [0.05, 0.1) is 13.2 Å². The van der Waals surface area contributed by atoms with Crippen LogP contribution in [0.4, 0.5) is 0 Å². The summed E-state index contributed by atoms with van der Waals surface area (Å²) in [6.07, 6.45) is 9.53. The minimum atomic E-state index is 0.0483. The van der Waals surface area contributed by atoms with Crippen LogP contribution in [-0.4, -0.2) is 38.6 Å². The van der Waals surface area contributed by atoms with Gasteiger partial charge in [0.25, 0.3) is 0 Å². The number of benzene rings is 2. The molecule has 0 saturated carbocycles. The molecule has 4 heteroatoms. The fourth-order valence-corrected chi connectivity index (χ4v) is 4.15. The van der Waals surface area contributed by atoms with Crippen molar-refractivity contribution in [1.82, 2.24) is 0 Å². The fourth-order valence-electron chi connectivity index (χ4n) is 4.15. The zero-order chi connectivity index (χ0) is 22.8. The molecule has 0 spiro atoms. The SMILES string of the molecule is CCC(C)(C)c1cc(C2=CCC(c3ccc(OCC4CO4)cc3)C=C2)ccc1OCC1CO1. The Labute approximate surface area is 197 Å². The van der Waals surface area contributed by atoms with E-state index in [0.29, 0.717) is 19.1 Å². The molecule has 2 aromatic rings. The van der Waals surface area contributed by atoms with Crippen molar-refractivity contribution in [3.63, 3.8) is 0 Å². The summed E-state index contributed by atoms with van der Waals surface area (Å²) >= 11 is 0. The monoisotopic (exact) mass is 446 g/mol. The van der Waals surface area contributed by atoms with Crippen LogP contribution in [-0.2, 0) is 14.9 Å². The van der Waals surface area contributed by atoms with Crippen LogP contribution >= 0.6 is 0 Å². The first-order valence-corrected chi connectivity index (χ1v) is 12.1. The summed E-state index contributed by atoms with van der Waals surface area (Å²) in [4.78, 5) is 0. The van der Waals surface area contributed by atoms with Gasteiger partial charge in [-0.2, -0.15) is 0 Å². The first-order valence-electron chi connectivity index (χ1n) is 12.1. The summed E-state index contributed by atoms with van der Waals surface area (Å²) in [5, 5.41) is 0. The molecule has 0 radical (unpaired) electrons. The zero-order valence-electron chi connectivity index (χ0n) is 19.9. The van der Waals surface area contributed by atoms with Crippen LogP contribution in [0.5, 0.6) is 11.5 Å². The van der Waals surface area contributed by atoms with Crippen LogP contribution < -0.4 is 9.47 Å². The van der Waals surface area contributed by atoms with Crippen molar-refractivity contribution < 1.29 is 18.9 Å². The molecule has 3 unspecified atom stereocenters. The summed E-state index contributed by atoms with van der Waals surface area (Å²) in [6.45, 7) is 9.73. The standard InChI is InChI=1S/C29H34O4/c1-4-29(2,3)27-15-23(11-14-28(27)33-19-26-18-32-26)22-7-5-20(6-8-22)21-9-12-24(13-10-21)30-16-25-17-31-25/h5,7-15,20,25-26H,4,6,16-19H2,1-3H3. The largest absolute Gasteiger partial charge is 0.491 e. The van der Waals surface area contributed by atoms with E-state index < -0.39 is 0 Å². The second-order valence-electron chi connectivity index (χ2n) is 9.91. The van der Waals surface area contributed by atoms with Crippen LogP contribution in [0.3, 0.4) is 0 Å². The zero-order valence-corrected chi connectivity index (χ0v) is 19.9. The van der Waals surface area contributed by atoms with Gasteiger partial charge in [-0.15, -0.1) is 0 Å². The van der Waals surface area contributed by atoms with Gasteiger partial charge in [-0.1, -0.05) is 57.2 Å². The van der Waals surface area contributed by atoms with Gasteiger partial charge in [0.2, 0.25) is 0 Å². The van der Waals surface area contributed by atoms with Crippen molar-refractivity contribution in [2.24, 2.45) is 0 Å². The summed E-state index contributed by atoms with van der Waals surface area (Å²) in [5.74, 6) is 2.28. The van der Waals surface area contributed by atoms with E-state index in [0.717, 1.165) is 37.6 Å². The molecule has 4 nitrogen and oxygen atoms in total. The number of rotatable bonds is 10. The van der Waals surface area contributed by atoms with Crippen LogP contribution in [0.1, 0.15) is 56.2 Å². The smallest absolute Gasteiger partial charge is 0.123 e. The van der Waals surface area contributed by atoms with E-state index in [4.69, 9.17) is 18.9 Å². The molecule has 0 bridgehead atoms. The lowest BCUT2D eigenvalue weighted by atomic mass is 9.80. The Kier molecular flexibility index (Phi) is 6.31. The molecule has 0 N–H and O–H groups in total. The average Bonchev–Trinajstić information content (AvgIpc) is 3.77. The Bertz CT molecular complexity index is 1030. The van der Waals surface area contributed by atoms with Crippen LogP contribution in [0.25, 0.3) is 5.57 Å². The number of hydrogen-bond acceptors (Lipinski definition) is 4. The highest BCUT2D eigenvalue weighted by atomic mass is 16.6. The van der Waals surface area contributed by atoms with E-state index in [9.17, 15) is 0 Å². The van der Waals surface area contributed by atoms with Crippen molar-refractivity contribution in [3.8, 4) is 11.5 Å². The molecule has 33 heavy (non-hydrogen) atoms. The van der Waals surface area contributed by atoms with E-state index in [2.05, 4.69) is 81.5 Å². The van der Waals surface area contributed by atoms with Gasteiger partial charge < -0.3 is 18.9 Å². The second-order valence-corrected chi connectivity index (χ2v) is 9.91. The number of epoxide rings is 2. The highest BCUT2D eigenvalue weighted by Gasteiger charge is 2.27. The van der Waals surface area contributed by atoms with Crippen molar-refractivity contribution in [3.05, 3.63) is 77.4 Å². The Morgan fingerprint density at radius 2 is 1.64 bits per heavy atom. The normalized spacial score (nSPS) is 23.7. The van der Waals surface area contributed by atoms with Gasteiger partial charge in [0, 0.05) is 11.5 Å².